The maximum absolute atomic E-state index is 12.2. The first-order valence-electron chi connectivity index (χ1n) is 7.41. The molecule has 2 aliphatic rings. The second-order valence-electron chi connectivity index (χ2n) is 5.33. The fourth-order valence-corrected chi connectivity index (χ4v) is 3.66. The molecular weight excluding hydrogens is 404 g/mol. The zero-order chi connectivity index (χ0) is 17.4. The van der Waals surface area contributed by atoms with Crippen LogP contribution in [0.15, 0.2) is 63.2 Å². The molecule has 0 saturated carbocycles. The van der Waals surface area contributed by atoms with Crippen molar-refractivity contribution in [3.05, 3.63) is 58.6 Å². The zero-order valence-electron chi connectivity index (χ0n) is 12.8. The van der Waals surface area contributed by atoms with Gasteiger partial charge in [-0.3, -0.25) is 14.5 Å². The number of nitrogens with zero attached hydrogens (tertiary/aromatic N) is 3. The van der Waals surface area contributed by atoms with E-state index in [4.69, 9.17) is 0 Å². The number of rotatable bonds is 2. The Hall–Kier alpha value is -2.45. The van der Waals surface area contributed by atoms with Gasteiger partial charge in [-0.1, -0.05) is 45.9 Å². The molecule has 0 aliphatic carbocycles. The van der Waals surface area contributed by atoms with E-state index in [1.54, 1.807) is 0 Å². The molecule has 1 N–H and O–H groups in total. The molecule has 0 atom stereocenters. The molecule has 2 heterocycles. The van der Waals surface area contributed by atoms with Crippen LogP contribution in [0.25, 0.3) is 0 Å². The second kappa shape index (κ2) is 6.45. The Morgan fingerprint density at radius 1 is 1.04 bits per heavy atom. The number of thioether (sulfide) groups is 1. The largest absolute Gasteiger partial charge is 0.320 e. The van der Waals surface area contributed by atoms with E-state index in [9.17, 15) is 9.59 Å². The van der Waals surface area contributed by atoms with Gasteiger partial charge in [0.2, 0.25) is 5.91 Å². The van der Waals surface area contributed by atoms with Gasteiger partial charge in [-0.05, 0) is 30.3 Å². The Balaban J connectivity index is 1.70. The molecule has 8 heteroatoms. The van der Waals surface area contributed by atoms with Crippen LogP contribution in [0.2, 0.25) is 0 Å². The van der Waals surface area contributed by atoms with Crippen molar-refractivity contribution < 1.29 is 9.59 Å². The molecule has 1 fully saturated rings. The lowest BCUT2D eigenvalue weighted by Crippen LogP contribution is -2.29. The first-order valence-corrected chi connectivity index (χ1v) is 9.19. The predicted molar refractivity (Wildman–Crippen MR) is 103 cm³/mol. The highest BCUT2D eigenvalue weighted by Crippen LogP contribution is 2.28. The van der Waals surface area contributed by atoms with Crippen molar-refractivity contribution in [3.8, 4) is 0 Å². The van der Waals surface area contributed by atoms with E-state index in [2.05, 4.69) is 31.4 Å². The summed E-state index contributed by atoms with van der Waals surface area (Å²) in [7, 11) is 0. The summed E-state index contributed by atoms with van der Waals surface area (Å²) in [5, 5.41) is 11.5. The summed E-state index contributed by atoms with van der Waals surface area (Å²) in [6.45, 7) is 0. The van der Waals surface area contributed by atoms with Crippen molar-refractivity contribution >= 4 is 61.8 Å². The van der Waals surface area contributed by atoms with E-state index in [-0.39, 0.29) is 17.5 Å². The van der Waals surface area contributed by atoms with Gasteiger partial charge in [0.15, 0.2) is 10.9 Å². The SMILES string of the molecule is O=C1Nc2ccccc2/C1=N\N=C1/SCC(=O)N1c1ccc(Br)cc1. The van der Waals surface area contributed by atoms with Gasteiger partial charge in [-0.2, -0.15) is 0 Å². The number of halogens is 1. The van der Waals surface area contributed by atoms with Crippen LogP contribution in [0, 0.1) is 0 Å². The lowest BCUT2D eigenvalue weighted by atomic mass is 10.1. The predicted octanol–water partition coefficient (Wildman–Crippen LogP) is 3.24. The van der Waals surface area contributed by atoms with Gasteiger partial charge >= 0.3 is 0 Å². The number of nitrogens with one attached hydrogen (secondary N) is 1. The van der Waals surface area contributed by atoms with Crippen LogP contribution in [0.5, 0.6) is 0 Å². The van der Waals surface area contributed by atoms with Gasteiger partial charge in [0.25, 0.3) is 5.91 Å². The Morgan fingerprint density at radius 3 is 2.60 bits per heavy atom. The van der Waals surface area contributed by atoms with Crippen molar-refractivity contribution in [1.82, 2.24) is 0 Å². The molecular formula is C17H11BrN4O2S. The number of amidine groups is 1. The number of benzene rings is 2. The molecule has 0 radical (unpaired) electrons. The molecule has 0 aromatic heterocycles. The number of anilines is 2. The van der Waals surface area contributed by atoms with Crippen molar-refractivity contribution in [1.29, 1.82) is 0 Å². The van der Waals surface area contributed by atoms with Gasteiger partial charge in [0, 0.05) is 10.0 Å². The molecule has 4 rings (SSSR count). The summed E-state index contributed by atoms with van der Waals surface area (Å²) in [6, 6.07) is 14.7. The lowest BCUT2D eigenvalue weighted by Gasteiger charge is -2.15. The highest BCUT2D eigenvalue weighted by atomic mass is 79.9. The molecule has 1 saturated heterocycles. The highest BCUT2D eigenvalue weighted by molar-refractivity contribution is 9.10. The second-order valence-corrected chi connectivity index (χ2v) is 7.18. The average Bonchev–Trinajstić information content (AvgIpc) is 3.13. The maximum Gasteiger partial charge on any atom is 0.276 e. The molecule has 2 aromatic rings. The van der Waals surface area contributed by atoms with Crippen LogP contribution in [0.1, 0.15) is 5.56 Å². The molecule has 2 amide bonds. The van der Waals surface area contributed by atoms with Crippen molar-refractivity contribution in [2.45, 2.75) is 0 Å². The number of hydrogen-bond acceptors (Lipinski definition) is 5. The Kier molecular flexibility index (Phi) is 4.14. The van der Waals surface area contributed by atoms with Crippen molar-refractivity contribution in [2.75, 3.05) is 16.0 Å². The number of para-hydroxylation sites is 1. The van der Waals surface area contributed by atoms with Gasteiger partial charge in [-0.15, -0.1) is 10.2 Å². The fraction of sp³-hybridized carbons (Fsp3) is 0.0588. The molecule has 2 aromatic carbocycles. The van der Waals surface area contributed by atoms with Gasteiger partial charge in [-0.25, -0.2) is 0 Å². The standard InChI is InChI=1S/C17H11BrN4O2S/c18-10-5-7-11(8-6-10)22-14(23)9-25-17(22)21-20-15-12-3-1-2-4-13(12)19-16(15)24/h1-8H,9H2,(H,19,20,24)/b21-17-. The smallest absolute Gasteiger partial charge is 0.276 e. The van der Waals surface area contributed by atoms with Gasteiger partial charge in [0.05, 0.1) is 17.1 Å². The minimum absolute atomic E-state index is 0.0671. The minimum Gasteiger partial charge on any atom is -0.320 e. The minimum atomic E-state index is -0.296. The molecule has 0 unspecified atom stereocenters. The number of carbonyl (C=O) groups is 2. The number of carbonyl (C=O) groups excluding carboxylic acids is 2. The summed E-state index contributed by atoms with van der Waals surface area (Å²) in [5.41, 5.74) is 2.39. The third-order valence-corrected chi connectivity index (χ3v) is 5.17. The quantitative estimate of drug-likeness (QED) is 0.766. The lowest BCUT2D eigenvalue weighted by molar-refractivity contribution is -0.115. The molecule has 2 aliphatic heterocycles. The molecule has 0 bridgehead atoms. The van der Waals surface area contributed by atoms with E-state index < -0.39 is 0 Å². The third kappa shape index (κ3) is 2.98. The number of fused-ring (bicyclic) bond motifs is 1. The molecule has 0 spiro atoms. The first-order chi connectivity index (χ1) is 12.1. The third-order valence-electron chi connectivity index (χ3n) is 3.73. The van der Waals surface area contributed by atoms with Gasteiger partial charge < -0.3 is 5.32 Å². The Bertz CT molecular complexity index is 940. The van der Waals surface area contributed by atoms with E-state index in [1.165, 1.54) is 16.7 Å². The fourth-order valence-electron chi connectivity index (χ4n) is 2.57. The Labute approximate surface area is 156 Å². The van der Waals surface area contributed by atoms with Crippen LogP contribution in [0.4, 0.5) is 11.4 Å². The maximum atomic E-state index is 12.2. The zero-order valence-corrected chi connectivity index (χ0v) is 15.2. The summed E-state index contributed by atoms with van der Waals surface area (Å²) < 4.78 is 0.925. The van der Waals surface area contributed by atoms with Crippen LogP contribution in [-0.2, 0) is 9.59 Å². The Morgan fingerprint density at radius 2 is 1.80 bits per heavy atom. The van der Waals surface area contributed by atoms with E-state index in [0.29, 0.717) is 27.9 Å². The molecule has 6 nitrogen and oxygen atoms in total. The number of hydrogen-bond donors (Lipinski definition) is 1. The summed E-state index contributed by atoms with van der Waals surface area (Å²) in [6.07, 6.45) is 0. The topological polar surface area (TPSA) is 74.1 Å². The van der Waals surface area contributed by atoms with Crippen LogP contribution in [0.3, 0.4) is 0 Å². The van der Waals surface area contributed by atoms with E-state index >= 15 is 0 Å². The molecule has 25 heavy (non-hydrogen) atoms. The van der Waals surface area contributed by atoms with Crippen LogP contribution in [-0.4, -0.2) is 28.4 Å². The average molecular weight is 415 g/mol. The summed E-state index contributed by atoms with van der Waals surface area (Å²) >= 11 is 4.68. The van der Waals surface area contributed by atoms with Crippen molar-refractivity contribution in [2.24, 2.45) is 10.2 Å². The van der Waals surface area contributed by atoms with E-state index in [0.717, 1.165) is 4.47 Å². The summed E-state index contributed by atoms with van der Waals surface area (Å²) in [5.74, 6) is -0.0691. The van der Waals surface area contributed by atoms with Crippen LogP contribution >= 0.6 is 27.7 Å². The van der Waals surface area contributed by atoms with E-state index in [1.807, 2.05) is 48.5 Å². The summed E-state index contributed by atoms with van der Waals surface area (Å²) in [4.78, 5) is 25.8. The number of amides is 2. The highest BCUT2D eigenvalue weighted by Gasteiger charge is 2.31. The molecule has 124 valence electrons. The van der Waals surface area contributed by atoms with Gasteiger partial charge in [0.1, 0.15) is 0 Å². The van der Waals surface area contributed by atoms with Crippen LogP contribution < -0.4 is 10.2 Å². The van der Waals surface area contributed by atoms with Crippen molar-refractivity contribution in [3.63, 3.8) is 0 Å². The normalized spacial score (nSPS) is 19.6. The first kappa shape index (κ1) is 16.0. The monoisotopic (exact) mass is 414 g/mol.